The Labute approximate surface area is 74.8 Å². The zero-order valence-corrected chi connectivity index (χ0v) is 7.05. The number of hydrogen-bond acceptors (Lipinski definition) is 4. The molecule has 1 aromatic rings. The molecule has 0 unspecified atom stereocenters. The Hall–Kier alpha value is -1.59. The first-order chi connectivity index (χ1) is 6.25. The van der Waals surface area contributed by atoms with E-state index in [1.165, 1.54) is 11.2 Å². The molecule has 6 heteroatoms. The monoisotopic (exact) mass is 182 g/mol. The van der Waals surface area contributed by atoms with Crippen molar-refractivity contribution in [1.82, 2.24) is 15.0 Å². The first-order valence-corrected chi connectivity index (χ1v) is 4.12. The molecular formula is C7H10N4O2. The molecule has 1 aliphatic rings. The van der Waals surface area contributed by atoms with Gasteiger partial charge in [0.15, 0.2) is 12.4 Å². The fourth-order valence-electron chi connectivity index (χ4n) is 1.18. The van der Waals surface area contributed by atoms with Gasteiger partial charge in [0.2, 0.25) is 0 Å². The topological polar surface area (TPSA) is 71.2 Å². The Morgan fingerprint density at radius 3 is 2.92 bits per heavy atom. The number of carboxylic acids is 1. The second-order valence-electron chi connectivity index (χ2n) is 2.97. The summed E-state index contributed by atoms with van der Waals surface area (Å²) in [5.74, 6) is -0.154. The van der Waals surface area contributed by atoms with Crippen LogP contribution in [0.3, 0.4) is 0 Å². The van der Waals surface area contributed by atoms with Gasteiger partial charge in [-0.2, -0.15) is 9.90 Å². The van der Waals surface area contributed by atoms with Gasteiger partial charge in [0.25, 0.3) is 0 Å². The number of rotatable bonds is 3. The van der Waals surface area contributed by atoms with Gasteiger partial charge in [0.1, 0.15) is 0 Å². The van der Waals surface area contributed by atoms with E-state index in [4.69, 9.17) is 5.11 Å². The molecule has 0 radical (unpaired) electrons. The van der Waals surface area contributed by atoms with Crippen LogP contribution in [0.1, 0.15) is 6.42 Å². The van der Waals surface area contributed by atoms with Crippen LogP contribution < -0.4 is 4.90 Å². The molecule has 2 rings (SSSR count). The molecule has 6 nitrogen and oxygen atoms in total. The minimum Gasteiger partial charge on any atom is -0.480 e. The summed E-state index contributed by atoms with van der Waals surface area (Å²) in [5, 5.41) is 16.3. The van der Waals surface area contributed by atoms with Crippen molar-refractivity contribution in [3.63, 3.8) is 0 Å². The molecule has 0 aliphatic carbocycles. The normalized spacial score (nSPS) is 15.5. The zero-order chi connectivity index (χ0) is 9.26. The molecule has 1 saturated heterocycles. The van der Waals surface area contributed by atoms with E-state index < -0.39 is 5.97 Å². The highest BCUT2D eigenvalue weighted by Gasteiger charge is 2.17. The third-order valence-electron chi connectivity index (χ3n) is 1.98. The van der Waals surface area contributed by atoms with Crippen LogP contribution in [0.25, 0.3) is 0 Å². The van der Waals surface area contributed by atoms with Crippen molar-refractivity contribution in [2.75, 3.05) is 18.0 Å². The first-order valence-electron chi connectivity index (χ1n) is 4.12. The predicted octanol–water partition coefficient (Wildman–Crippen LogP) is -0.427. The lowest BCUT2D eigenvalue weighted by atomic mass is 10.2. The molecule has 1 aliphatic heterocycles. The van der Waals surface area contributed by atoms with Crippen LogP contribution in [0.15, 0.2) is 6.20 Å². The SMILES string of the molecule is O=C(O)Cn1ncc(N2CCC2)n1. The summed E-state index contributed by atoms with van der Waals surface area (Å²) in [6, 6.07) is 0. The largest absolute Gasteiger partial charge is 0.480 e. The molecular weight excluding hydrogens is 172 g/mol. The fourth-order valence-corrected chi connectivity index (χ4v) is 1.18. The number of aromatic nitrogens is 3. The van der Waals surface area contributed by atoms with Gasteiger partial charge in [0.05, 0.1) is 6.20 Å². The quantitative estimate of drug-likeness (QED) is 0.687. The van der Waals surface area contributed by atoms with Gasteiger partial charge in [-0.25, -0.2) is 0 Å². The van der Waals surface area contributed by atoms with Crippen molar-refractivity contribution in [1.29, 1.82) is 0 Å². The van der Waals surface area contributed by atoms with Crippen molar-refractivity contribution in [3.05, 3.63) is 6.20 Å². The second-order valence-corrected chi connectivity index (χ2v) is 2.97. The molecule has 0 aromatic carbocycles. The predicted molar refractivity (Wildman–Crippen MR) is 44.5 cm³/mol. The van der Waals surface area contributed by atoms with Gasteiger partial charge in [0, 0.05) is 13.1 Å². The highest BCUT2D eigenvalue weighted by molar-refractivity contribution is 5.66. The number of aliphatic carboxylic acids is 1. The Morgan fingerprint density at radius 1 is 1.62 bits per heavy atom. The molecule has 0 bridgehead atoms. The summed E-state index contributed by atoms with van der Waals surface area (Å²) in [7, 11) is 0. The molecule has 0 amide bonds. The number of nitrogens with zero attached hydrogens (tertiary/aromatic N) is 4. The lowest BCUT2D eigenvalue weighted by Gasteiger charge is -2.30. The van der Waals surface area contributed by atoms with Crippen LogP contribution in [-0.4, -0.2) is 39.2 Å². The minimum absolute atomic E-state index is 0.173. The van der Waals surface area contributed by atoms with Crippen molar-refractivity contribution < 1.29 is 9.90 Å². The highest BCUT2D eigenvalue weighted by atomic mass is 16.4. The molecule has 1 fully saturated rings. The van der Waals surface area contributed by atoms with Crippen LogP contribution >= 0.6 is 0 Å². The van der Waals surface area contributed by atoms with Crippen molar-refractivity contribution >= 4 is 11.8 Å². The average molecular weight is 182 g/mol. The summed E-state index contributed by atoms with van der Waals surface area (Å²) in [5.41, 5.74) is 0. The molecule has 1 N–H and O–H groups in total. The molecule has 0 saturated carbocycles. The lowest BCUT2D eigenvalue weighted by Crippen LogP contribution is -2.37. The van der Waals surface area contributed by atoms with E-state index in [2.05, 4.69) is 15.1 Å². The van der Waals surface area contributed by atoms with E-state index in [9.17, 15) is 4.79 Å². The van der Waals surface area contributed by atoms with Crippen molar-refractivity contribution in [3.8, 4) is 0 Å². The van der Waals surface area contributed by atoms with Gasteiger partial charge in [-0.05, 0) is 6.42 Å². The number of carbonyl (C=O) groups is 1. The zero-order valence-electron chi connectivity index (χ0n) is 7.05. The van der Waals surface area contributed by atoms with Gasteiger partial charge in [-0.1, -0.05) is 0 Å². The molecule has 70 valence electrons. The summed E-state index contributed by atoms with van der Waals surface area (Å²) in [6.07, 6.45) is 2.77. The maximum absolute atomic E-state index is 10.3. The van der Waals surface area contributed by atoms with Crippen molar-refractivity contribution in [2.45, 2.75) is 13.0 Å². The third kappa shape index (κ3) is 1.61. The maximum atomic E-state index is 10.3. The molecule has 1 aromatic heterocycles. The van der Waals surface area contributed by atoms with Crippen LogP contribution in [0.5, 0.6) is 0 Å². The molecule has 0 atom stereocenters. The maximum Gasteiger partial charge on any atom is 0.327 e. The summed E-state index contributed by atoms with van der Waals surface area (Å²) < 4.78 is 0. The molecule has 0 spiro atoms. The number of carboxylic acid groups (broad SMARTS) is 1. The van der Waals surface area contributed by atoms with E-state index >= 15 is 0 Å². The van der Waals surface area contributed by atoms with E-state index in [0.717, 1.165) is 18.9 Å². The highest BCUT2D eigenvalue weighted by Crippen LogP contribution is 2.15. The van der Waals surface area contributed by atoms with Crippen LogP contribution in [-0.2, 0) is 11.3 Å². The fraction of sp³-hybridized carbons (Fsp3) is 0.571. The Balaban J connectivity index is 2.04. The van der Waals surface area contributed by atoms with E-state index in [1.54, 1.807) is 6.20 Å². The van der Waals surface area contributed by atoms with Crippen LogP contribution in [0.4, 0.5) is 5.82 Å². The van der Waals surface area contributed by atoms with Gasteiger partial charge < -0.3 is 10.0 Å². The Bertz CT molecular complexity index is 318. The van der Waals surface area contributed by atoms with Gasteiger partial charge in [-0.3, -0.25) is 4.79 Å². The van der Waals surface area contributed by atoms with Crippen LogP contribution in [0, 0.1) is 0 Å². The van der Waals surface area contributed by atoms with Gasteiger partial charge in [-0.15, -0.1) is 5.10 Å². The van der Waals surface area contributed by atoms with E-state index in [0.29, 0.717) is 0 Å². The van der Waals surface area contributed by atoms with Crippen molar-refractivity contribution in [2.24, 2.45) is 0 Å². The van der Waals surface area contributed by atoms with Crippen LogP contribution in [0.2, 0.25) is 0 Å². The van der Waals surface area contributed by atoms with E-state index in [-0.39, 0.29) is 6.54 Å². The smallest absolute Gasteiger partial charge is 0.327 e. The number of hydrogen-bond donors (Lipinski definition) is 1. The minimum atomic E-state index is -0.925. The Kier molecular flexibility index (Phi) is 1.88. The third-order valence-corrected chi connectivity index (χ3v) is 1.98. The van der Waals surface area contributed by atoms with E-state index in [1.807, 2.05) is 0 Å². The standard InChI is InChI=1S/C7H10N4O2/c12-7(13)5-11-8-4-6(9-11)10-2-1-3-10/h4H,1-3,5H2,(H,12,13). The molecule has 13 heavy (non-hydrogen) atoms. The summed E-state index contributed by atoms with van der Waals surface area (Å²) in [4.78, 5) is 13.6. The summed E-state index contributed by atoms with van der Waals surface area (Å²) in [6.45, 7) is 1.81. The molecule has 2 heterocycles. The summed E-state index contributed by atoms with van der Waals surface area (Å²) >= 11 is 0. The van der Waals surface area contributed by atoms with Gasteiger partial charge >= 0.3 is 5.97 Å². The second kappa shape index (κ2) is 3.04. The average Bonchev–Trinajstić information content (AvgIpc) is 2.31. The number of anilines is 1. The first kappa shape index (κ1) is 8.03. The Morgan fingerprint density at radius 2 is 2.38 bits per heavy atom. The lowest BCUT2D eigenvalue weighted by molar-refractivity contribution is -0.138.